The predicted octanol–water partition coefficient (Wildman–Crippen LogP) is 4.62. The molecule has 2 amide bonds. The number of carbonyl (C=O) groups is 2. The van der Waals surface area contributed by atoms with Gasteiger partial charge >= 0.3 is 0 Å². The molecule has 1 aliphatic rings. The molecule has 226 valence electrons. The molecule has 1 aromatic heterocycles. The number of fused-ring (bicyclic) bond motifs is 1. The van der Waals surface area contributed by atoms with E-state index in [0.29, 0.717) is 12.1 Å². The number of para-hydroxylation sites is 2. The van der Waals surface area contributed by atoms with Gasteiger partial charge in [0.1, 0.15) is 5.75 Å². The highest BCUT2D eigenvalue weighted by atomic mass is 16.5. The Morgan fingerprint density at radius 2 is 1.63 bits per heavy atom. The average Bonchev–Trinajstić information content (AvgIpc) is 3.26. The number of amides is 2. The van der Waals surface area contributed by atoms with Crippen LogP contribution in [0.3, 0.4) is 0 Å². The molecule has 0 bridgehead atoms. The molecule has 0 spiro atoms. The number of hydrogen-bond donors (Lipinski definition) is 0. The van der Waals surface area contributed by atoms with Crippen molar-refractivity contribution in [3.8, 4) is 5.75 Å². The number of anilines is 1. The van der Waals surface area contributed by atoms with Gasteiger partial charge in [-0.3, -0.25) is 9.59 Å². The minimum absolute atomic E-state index is 0.0305. The van der Waals surface area contributed by atoms with Crippen molar-refractivity contribution in [1.82, 2.24) is 19.5 Å². The molecule has 1 aliphatic heterocycles. The fourth-order valence-corrected chi connectivity index (χ4v) is 5.83. The van der Waals surface area contributed by atoms with Crippen molar-refractivity contribution in [2.45, 2.75) is 25.7 Å². The van der Waals surface area contributed by atoms with Crippen molar-refractivity contribution in [3.05, 3.63) is 90.0 Å². The van der Waals surface area contributed by atoms with E-state index in [1.54, 1.807) is 26.1 Å². The van der Waals surface area contributed by atoms with Crippen LogP contribution in [0.15, 0.2) is 78.9 Å². The quantitative estimate of drug-likeness (QED) is 0.272. The molecule has 1 unspecified atom stereocenters. The van der Waals surface area contributed by atoms with Crippen LogP contribution in [0.2, 0.25) is 0 Å². The van der Waals surface area contributed by atoms with Crippen LogP contribution >= 0.6 is 0 Å². The van der Waals surface area contributed by atoms with Crippen LogP contribution in [0, 0.1) is 0 Å². The van der Waals surface area contributed by atoms with Gasteiger partial charge in [-0.15, -0.1) is 0 Å². The van der Waals surface area contributed by atoms with Gasteiger partial charge in [0.2, 0.25) is 11.9 Å². The first-order valence-corrected chi connectivity index (χ1v) is 15.0. The number of likely N-dealkylation sites (N-methyl/N-ethyl adjacent to an activating group) is 1. The maximum Gasteiger partial charge on any atom is 0.253 e. The molecule has 4 aromatic rings. The Kier molecular flexibility index (Phi) is 9.61. The van der Waals surface area contributed by atoms with Crippen molar-refractivity contribution < 1.29 is 14.3 Å². The van der Waals surface area contributed by atoms with Crippen LogP contribution in [0.4, 0.5) is 5.95 Å². The third-order valence-corrected chi connectivity index (χ3v) is 8.39. The summed E-state index contributed by atoms with van der Waals surface area (Å²) in [6.07, 6.45) is 1.91. The van der Waals surface area contributed by atoms with Crippen molar-refractivity contribution in [1.29, 1.82) is 0 Å². The third-order valence-electron chi connectivity index (χ3n) is 8.39. The van der Waals surface area contributed by atoms with E-state index in [9.17, 15) is 9.59 Å². The number of methoxy groups -OCH3 is 1. The lowest BCUT2D eigenvalue weighted by Crippen LogP contribution is -2.39. The van der Waals surface area contributed by atoms with Gasteiger partial charge in [-0.05, 0) is 67.9 Å². The molecule has 5 rings (SSSR count). The van der Waals surface area contributed by atoms with Crippen LogP contribution in [0.25, 0.3) is 11.0 Å². The lowest BCUT2D eigenvalue weighted by atomic mass is 9.94. The van der Waals surface area contributed by atoms with E-state index in [1.807, 2.05) is 83.4 Å². The second-order valence-electron chi connectivity index (χ2n) is 11.2. The molecule has 1 fully saturated rings. The van der Waals surface area contributed by atoms with Gasteiger partial charge < -0.3 is 19.4 Å². The van der Waals surface area contributed by atoms with Gasteiger partial charge in [0.05, 0.1) is 18.1 Å². The average molecular weight is 583 g/mol. The summed E-state index contributed by atoms with van der Waals surface area (Å²) in [6.45, 7) is 6.67. The molecule has 0 aliphatic carbocycles. The summed E-state index contributed by atoms with van der Waals surface area (Å²) >= 11 is 0. The second-order valence-corrected chi connectivity index (χ2v) is 11.2. The Bertz CT molecular complexity index is 1520. The highest BCUT2D eigenvalue weighted by Crippen LogP contribution is 2.26. The van der Waals surface area contributed by atoms with E-state index >= 15 is 0 Å². The van der Waals surface area contributed by atoms with Gasteiger partial charge in [0.15, 0.2) is 0 Å². The monoisotopic (exact) mass is 582 g/mol. The molecule has 2 heterocycles. The molecule has 0 N–H and O–H groups in total. The Morgan fingerprint density at radius 3 is 2.35 bits per heavy atom. The summed E-state index contributed by atoms with van der Waals surface area (Å²) in [5.74, 6) is 1.79. The minimum Gasteiger partial charge on any atom is -0.497 e. The van der Waals surface area contributed by atoms with Crippen LogP contribution in [0.5, 0.6) is 5.75 Å². The van der Waals surface area contributed by atoms with Gasteiger partial charge in [-0.1, -0.05) is 42.5 Å². The number of rotatable bonds is 10. The van der Waals surface area contributed by atoms with Crippen molar-refractivity contribution in [3.63, 3.8) is 0 Å². The summed E-state index contributed by atoms with van der Waals surface area (Å²) in [5, 5.41) is 1.64. The van der Waals surface area contributed by atoms with Crippen LogP contribution < -0.4 is 14.6 Å². The number of aromatic nitrogens is 2. The Balaban J connectivity index is 1.28. The first-order valence-electron chi connectivity index (χ1n) is 15.0. The minimum atomic E-state index is -0.0406. The lowest BCUT2D eigenvalue weighted by Gasteiger charge is -2.28. The molecule has 0 saturated carbocycles. The number of carbonyl (C=O) groups excluding carboxylic acids is 2. The highest BCUT2D eigenvalue weighted by molar-refractivity contribution is 5.94. The molecule has 9 heteroatoms. The normalized spacial score (nSPS) is 14.7. The van der Waals surface area contributed by atoms with Crippen molar-refractivity contribution >= 4 is 28.8 Å². The molecular weight excluding hydrogens is 540 g/mol. The zero-order valence-corrected chi connectivity index (χ0v) is 25.6. The zero-order chi connectivity index (χ0) is 30.3. The molecule has 1 saturated heterocycles. The number of nitrogens with zero attached hydrogens (tertiary/aromatic N) is 6. The first-order chi connectivity index (χ1) is 20.9. The summed E-state index contributed by atoms with van der Waals surface area (Å²) in [6, 6.07) is 25.6. The fraction of sp³-hybridized carbons (Fsp3) is 0.382. The van der Waals surface area contributed by atoms with Gasteiger partial charge in [0.25, 0.3) is 5.91 Å². The molecule has 0 radical (unpaired) electrons. The van der Waals surface area contributed by atoms with E-state index in [-0.39, 0.29) is 17.7 Å². The first kappa shape index (κ1) is 30.1. The number of ether oxygens (including phenoxy) is 1. The Hall–Kier alpha value is -4.37. The highest BCUT2D eigenvalue weighted by Gasteiger charge is 2.25. The van der Waals surface area contributed by atoms with E-state index in [4.69, 9.17) is 9.72 Å². The maximum atomic E-state index is 13.2. The van der Waals surface area contributed by atoms with Crippen LogP contribution in [-0.4, -0.2) is 91.7 Å². The lowest BCUT2D eigenvalue weighted by molar-refractivity contribution is -0.117. The van der Waals surface area contributed by atoms with Gasteiger partial charge in [-0.2, -0.15) is 0 Å². The summed E-state index contributed by atoms with van der Waals surface area (Å²) in [7, 11) is 5.36. The molecular formula is C34H42N6O3. The van der Waals surface area contributed by atoms with Crippen LogP contribution in [0.1, 0.15) is 41.6 Å². The number of benzene rings is 3. The van der Waals surface area contributed by atoms with Crippen LogP contribution in [-0.2, 0) is 4.79 Å². The van der Waals surface area contributed by atoms with E-state index in [0.717, 1.165) is 68.3 Å². The van der Waals surface area contributed by atoms with Gasteiger partial charge in [0, 0.05) is 58.7 Å². The standard InChI is InChI=1S/C34H42N6O3/c1-26(41)37(3)40-32-14-9-8-13-31(32)35-34(40)39-21-10-20-38(23-24-39)22-19-29(27-15-17-30(43-4)18-16-27)25-36(2)33(42)28-11-6-5-7-12-28/h5-9,11-18,29H,10,19-25H2,1-4H3. The number of hydrogen-bond acceptors (Lipinski definition) is 6. The van der Waals surface area contributed by atoms with Gasteiger partial charge in [-0.25, -0.2) is 14.7 Å². The van der Waals surface area contributed by atoms with E-state index in [1.165, 1.54) is 5.56 Å². The second kappa shape index (κ2) is 13.7. The van der Waals surface area contributed by atoms with E-state index in [2.05, 4.69) is 21.9 Å². The predicted molar refractivity (Wildman–Crippen MR) is 172 cm³/mol. The zero-order valence-electron chi connectivity index (χ0n) is 25.6. The summed E-state index contributed by atoms with van der Waals surface area (Å²) in [4.78, 5) is 37.1. The van der Waals surface area contributed by atoms with E-state index < -0.39 is 0 Å². The Labute approximate surface area is 254 Å². The maximum absolute atomic E-state index is 13.2. The topological polar surface area (TPSA) is 74.2 Å². The SMILES string of the molecule is COc1ccc(C(CCN2CCCN(c3nc4ccccc4n3N(C)C(C)=O)CC2)CN(C)C(=O)c2ccccc2)cc1. The molecule has 9 nitrogen and oxygen atoms in total. The molecule has 3 aromatic carbocycles. The Morgan fingerprint density at radius 1 is 0.907 bits per heavy atom. The molecule has 1 atom stereocenters. The fourth-order valence-electron chi connectivity index (χ4n) is 5.83. The smallest absolute Gasteiger partial charge is 0.253 e. The van der Waals surface area contributed by atoms with Crippen molar-refractivity contribution in [2.75, 3.05) is 70.4 Å². The largest absolute Gasteiger partial charge is 0.497 e. The molecule has 43 heavy (non-hydrogen) atoms. The third kappa shape index (κ3) is 7.00. The van der Waals surface area contributed by atoms with Crippen molar-refractivity contribution in [2.24, 2.45) is 0 Å². The summed E-state index contributed by atoms with van der Waals surface area (Å²) in [5.41, 5.74) is 3.70. The number of imidazole rings is 1. The summed E-state index contributed by atoms with van der Waals surface area (Å²) < 4.78 is 7.33.